The van der Waals surface area contributed by atoms with Crippen LogP contribution in [0.5, 0.6) is 5.88 Å². The zero-order valence-electron chi connectivity index (χ0n) is 9.01. The second-order valence-corrected chi connectivity index (χ2v) is 2.98. The number of hydrogen-bond donors (Lipinski definition) is 1. The van der Waals surface area contributed by atoms with Gasteiger partial charge in [0.05, 0.1) is 7.11 Å². The van der Waals surface area contributed by atoms with Gasteiger partial charge in [0.2, 0.25) is 5.88 Å². The maximum atomic E-state index is 4.92. The van der Waals surface area contributed by atoms with Crippen LogP contribution in [-0.2, 0) is 0 Å². The maximum Gasteiger partial charge on any atom is 0.233 e. The molecule has 0 fully saturated rings. The van der Waals surface area contributed by atoms with Crippen molar-refractivity contribution in [2.75, 3.05) is 19.5 Å². The fraction of sp³-hybridized carbons (Fsp3) is 0.200. The number of aromatic nitrogens is 4. The molecule has 2 heterocycles. The Morgan fingerprint density at radius 3 is 2.69 bits per heavy atom. The predicted molar refractivity (Wildman–Crippen MR) is 59.2 cm³/mol. The molecule has 0 bridgehead atoms. The molecule has 6 nitrogen and oxygen atoms in total. The van der Waals surface area contributed by atoms with Crippen LogP contribution in [-0.4, -0.2) is 34.3 Å². The summed E-state index contributed by atoms with van der Waals surface area (Å²) < 4.78 is 4.92. The molecule has 2 aromatic heterocycles. The van der Waals surface area contributed by atoms with Gasteiger partial charge in [-0.1, -0.05) is 0 Å². The van der Waals surface area contributed by atoms with Gasteiger partial charge in [0.1, 0.15) is 11.5 Å². The van der Waals surface area contributed by atoms with E-state index < -0.39 is 0 Å². The van der Waals surface area contributed by atoms with Crippen LogP contribution in [0.4, 0.5) is 5.82 Å². The number of methoxy groups -OCH3 is 1. The van der Waals surface area contributed by atoms with E-state index in [4.69, 9.17) is 4.74 Å². The van der Waals surface area contributed by atoms with Crippen molar-refractivity contribution in [3.05, 3.63) is 24.4 Å². The topological polar surface area (TPSA) is 72.8 Å². The van der Waals surface area contributed by atoms with E-state index in [1.807, 2.05) is 0 Å². The van der Waals surface area contributed by atoms with Crippen LogP contribution >= 0.6 is 0 Å². The van der Waals surface area contributed by atoms with E-state index in [9.17, 15) is 0 Å². The molecule has 0 unspecified atom stereocenters. The van der Waals surface area contributed by atoms with Crippen molar-refractivity contribution in [2.24, 2.45) is 0 Å². The number of rotatable bonds is 3. The molecule has 0 saturated carbocycles. The molecule has 0 spiro atoms. The van der Waals surface area contributed by atoms with Gasteiger partial charge >= 0.3 is 0 Å². The smallest absolute Gasteiger partial charge is 0.233 e. The summed E-state index contributed by atoms with van der Waals surface area (Å²) in [6.07, 6.45) is 1.67. The Balaban J connectivity index is 2.34. The molecule has 0 atom stereocenters. The molecular formula is C10H11N5O. The van der Waals surface area contributed by atoms with Crippen molar-refractivity contribution >= 4 is 5.82 Å². The number of ether oxygens (including phenoxy) is 1. The van der Waals surface area contributed by atoms with Crippen LogP contribution < -0.4 is 10.1 Å². The highest BCUT2D eigenvalue weighted by atomic mass is 16.5. The average molecular weight is 217 g/mol. The van der Waals surface area contributed by atoms with Gasteiger partial charge in [0.25, 0.3) is 0 Å². The van der Waals surface area contributed by atoms with Crippen LogP contribution in [0.2, 0.25) is 0 Å². The highest BCUT2D eigenvalue weighted by Gasteiger charge is 2.04. The summed E-state index contributed by atoms with van der Waals surface area (Å²) in [7, 11) is 3.34. The standard InChI is InChI=1S/C10H11N5O/c1-11-8-5-6-12-10(13-8)7-3-4-9(16-2)15-14-7/h3-6H,1-2H3,(H,11,12,13). The number of anilines is 1. The van der Waals surface area contributed by atoms with Crippen molar-refractivity contribution < 1.29 is 4.74 Å². The first-order valence-corrected chi connectivity index (χ1v) is 4.72. The van der Waals surface area contributed by atoms with Crippen molar-refractivity contribution in [3.8, 4) is 17.4 Å². The third-order valence-corrected chi connectivity index (χ3v) is 1.99. The molecule has 1 N–H and O–H groups in total. The Bertz CT molecular complexity index is 471. The van der Waals surface area contributed by atoms with E-state index in [0.29, 0.717) is 17.4 Å². The van der Waals surface area contributed by atoms with Crippen LogP contribution in [0, 0.1) is 0 Å². The molecule has 0 aliphatic heterocycles. The van der Waals surface area contributed by atoms with Gasteiger partial charge in [-0.05, 0) is 12.1 Å². The van der Waals surface area contributed by atoms with Crippen molar-refractivity contribution in [2.45, 2.75) is 0 Å². The van der Waals surface area contributed by atoms with Crippen molar-refractivity contribution in [1.82, 2.24) is 20.2 Å². The molecular weight excluding hydrogens is 206 g/mol. The van der Waals surface area contributed by atoms with Crippen LogP contribution in [0.1, 0.15) is 0 Å². The first-order chi connectivity index (χ1) is 7.83. The summed E-state index contributed by atoms with van der Waals surface area (Å²) >= 11 is 0. The molecule has 16 heavy (non-hydrogen) atoms. The quantitative estimate of drug-likeness (QED) is 0.826. The molecule has 0 amide bonds. The highest BCUT2D eigenvalue weighted by molar-refractivity contribution is 5.51. The lowest BCUT2D eigenvalue weighted by atomic mass is 10.3. The molecule has 0 radical (unpaired) electrons. The normalized spacial score (nSPS) is 9.88. The number of nitrogens with one attached hydrogen (secondary N) is 1. The monoisotopic (exact) mass is 217 g/mol. The molecule has 0 aliphatic carbocycles. The number of nitrogens with zero attached hydrogens (tertiary/aromatic N) is 4. The Morgan fingerprint density at radius 2 is 2.06 bits per heavy atom. The Kier molecular flexibility index (Phi) is 2.90. The summed E-state index contributed by atoms with van der Waals surface area (Å²) in [5.74, 6) is 1.73. The highest BCUT2D eigenvalue weighted by Crippen LogP contribution is 2.14. The van der Waals surface area contributed by atoms with Crippen LogP contribution in [0.3, 0.4) is 0 Å². The van der Waals surface area contributed by atoms with E-state index in [-0.39, 0.29) is 0 Å². The van der Waals surface area contributed by atoms with Gasteiger partial charge in [0, 0.05) is 19.3 Å². The zero-order chi connectivity index (χ0) is 11.4. The van der Waals surface area contributed by atoms with Crippen LogP contribution in [0.25, 0.3) is 11.5 Å². The van der Waals surface area contributed by atoms with E-state index >= 15 is 0 Å². The van der Waals surface area contributed by atoms with Crippen molar-refractivity contribution in [1.29, 1.82) is 0 Å². The summed E-state index contributed by atoms with van der Waals surface area (Å²) in [4.78, 5) is 8.37. The van der Waals surface area contributed by atoms with E-state index in [1.54, 1.807) is 38.6 Å². The fourth-order valence-corrected chi connectivity index (χ4v) is 1.17. The SMILES string of the molecule is CNc1ccnc(-c2ccc(OC)nn2)n1. The first kappa shape index (κ1) is 10.3. The van der Waals surface area contributed by atoms with Crippen LogP contribution in [0.15, 0.2) is 24.4 Å². The minimum atomic E-state index is 0.466. The second kappa shape index (κ2) is 4.52. The molecule has 82 valence electrons. The third kappa shape index (κ3) is 2.05. The zero-order valence-corrected chi connectivity index (χ0v) is 9.01. The van der Waals surface area contributed by atoms with E-state index in [1.165, 1.54) is 0 Å². The lowest BCUT2D eigenvalue weighted by Gasteiger charge is -2.02. The summed E-state index contributed by atoms with van der Waals surface area (Å²) in [6.45, 7) is 0. The van der Waals surface area contributed by atoms with Crippen molar-refractivity contribution in [3.63, 3.8) is 0 Å². The van der Waals surface area contributed by atoms with Gasteiger partial charge in [-0.3, -0.25) is 0 Å². The molecule has 6 heteroatoms. The van der Waals surface area contributed by atoms with Gasteiger partial charge < -0.3 is 10.1 Å². The largest absolute Gasteiger partial charge is 0.480 e. The molecule has 2 aromatic rings. The predicted octanol–water partition coefficient (Wildman–Crippen LogP) is 0.984. The van der Waals surface area contributed by atoms with E-state index in [0.717, 1.165) is 5.82 Å². The maximum absolute atomic E-state index is 4.92. The summed E-state index contributed by atoms with van der Waals surface area (Å²) in [6, 6.07) is 5.26. The summed E-state index contributed by atoms with van der Waals surface area (Å²) in [5, 5.41) is 10.8. The Morgan fingerprint density at radius 1 is 1.19 bits per heavy atom. The van der Waals surface area contributed by atoms with Gasteiger partial charge in [-0.2, -0.15) is 0 Å². The first-order valence-electron chi connectivity index (χ1n) is 4.72. The lowest BCUT2D eigenvalue weighted by molar-refractivity contribution is 0.392. The van der Waals surface area contributed by atoms with E-state index in [2.05, 4.69) is 25.5 Å². The number of hydrogen-bond acceptors (Lipinski definition) is 6. The molecule has 2 rings (SSSR count). The van der Waals surface area contributed by atoms with Gasteiger partial charge in [-0.15, -0.1) is 10.2 Å². The average Bonchev–Trinajstić information content (AvgIpc) is 2.39. The second-order valence-electron chi connectivity index (χ2n) is 2.98. The minimum absolute atomic E-state index is 0.466. The fourth-order valence-electron chi connectivity index (χ4n) is 1.17. The third-order valence-electron chi connectivity index (χ3n) is 1.99. The Hall–Kier alpha value is -2.24. The minimum Gasteiger partial charge on any atom is -0.480 e. The molecule has 0 saturated heterocycles. The lowest BCUT2D eigenvalue weighted by Crippen LogP contribution is -1.98. The molecule has 0 aliphatic rings. The van der Waals surface area contributed by atoms with Gasteiger partial charge in [-0.25, -0.2) is 9.97 Å². The van der Waals surface area contributed by atoms with Gasteiger partial charge in [0.15, 0.2) is 5.82 Å². The Labute approximate surface area is 92.7 Å². The summed E-state index contributed by atoms with van der Waals surface area (Å²) in [5.41, 5.74) is 0.609. The molecule has 0 aromatic carbocycles.